The molecule has 0 unspecified atom stereocenters. The molecule has 0 aromatic heterocycles. The van der Waals surface area contributed by atoms with Gasteiger partial charge in [-0.3, -0.25) is 0 Å². The van der Waals surface area contributed by atoms with E-state index in [0.29, 0.717) is 6.04 Å². The normalized spacial score (nSPS) is 20.4. The van der Waals surface area contributed by atoms with E-state index in [4.69, 9.17) is 10.5 Å². The lowest BCUT2D eigenvalue weighted by Gasteiger charge is -2.20. The van der Waals surface area contributed by atoms with Gasteiger partial charge < -0.3 is 10.5 Å². The molecule has 2 aliphatic heterocycles. The van der Waals surface area contributed by atoms with Crippen molar-refractivity contribution < 1.29 is 4.74 Å². The highest BCUT2D eigenvalue weighted by atomic mass is 32.2. The van der Waals surface area contributed by atoms with Crippen molar-refractivity contribution in [2.75, 3.05) is 24.7 Å². The molecule has 84 valence electrons. The Balaban J connectivity index is 0.000000213. The SMILES string of the molecule is CC.CC1=CCSCC1.NC1COC1. The minimum atomic E-state index is 0.343. The second-order valence-electron chi connectivity index (χ2n) is 3.17. The van der Waals surface area contributed by atoms with Crippen LogP contribution in [0.1, 0.15) is 27.2 Å². The largest absolute Gasteiger partial charge is 0.378 e. The van der Waals surface area contributed by atoms with Crippen molar-refractivity contribution in [3.05, 3.63) is 11.6 Å². The van der Waals surface area contributed by atoms with E-state index in [1.165, 1.54) is 17.9 Å². The molecular weight excluding hydrogens is 194 g/mol. The number of rotatable bonds is 0. The fourth-order valence-electron chi connectivity index (χ4n) is 0.874. The van der Waals surface area contributed by atoms with Gasteiger partial charge in [0.15, 0.2) is 0 Å². The van der Waals surface area contributed by atoms with Crippen LogP contribution < -0.4 is 5.73 Å². The molecule has 0 bridgehead atoms. The van der Waals surface area contributed by atoms with Gasteiger partial charge in [0.2, 0.25) is 0 Å². The molecule has 0 spiro atoms. The zero-order valence-corrected chi connectivity index (χ0v) is 10.4. The molecule has 2 N–H and O–H groups in total. The van der Waals surface area contributed by atoms with Crippen molar-refractivity contribution in [2.24, 2.45) is 5.73 Å². The molecule has 0 aromatic rings. The van der Waals surface area contributed by atoms with Gasteiger partial charge >= 0.3 is 0 Å². The van der Waals surface area contributed by atoms with Crippen molar-refractivity contribution in [1.29, 1.82) is 0 Å². The standard InChI is InChI=1S/C6H10S.C3H7NO.C2H6/c1-6-2-4-7-5-3-6;4-3-1-5-2-3;1-2/h2H,3-5H2,1H3;3H,1-2,4H2;1-2H3. The maximum absolute atomic E-state index is 5.25. The molecule has 0 aliphatic carbocycles. The van der Waals surface area contributed by atoms with Crippen LogP contribution in [0, 0.1) is 0 Å². The predicted molar refractivity (Wildman–Crippen MR) is 65.8 cm³/mol. The average Bonchev–Trinajstić information content (AvgIpc) is 2.20. The summed E-state index contributed by atoms with van der Waals surface area (Å²) in [6.45, 7) is 7.74. The van der Waals surface area contributed by atoms with Gasteiger partial charge in [0.05, 0.1) is 19.3 Å². The van der Waals surface area contributed by atoms with Gasteiger partial charge in [0, 0.05) is 5.75 Å². The van der Waals surface area contributed by atoms with Crippen LogP contribution in [-0.2, 0) is 4.74 Å². The molecule has 1 fully saturated rings. The summed E-state index contributed by atoms with van der Waals surface area (Å²) >= 11 is 2.02. The Bertz CT molecular complexity index is 155. The van der Waals surface area contributed by atoms with Crippen molar-refractivity contribution >= 4 is 11.8 Å². The first-order valence-corrected chi connectivity index (χ1v) is 6.51. The zero-order chi connectivity index (χ0) is 10.8. The molecule has 2 rings (SSSR count). The summed E-state index contributed by atoms with van der Waals surface area (Å²) in [6.07, 6.45) is 3.62. The second kappa shape index (κ2) is 9.56. The topological polar surface area (TPSA) is 35.2 Å². The zero-order valence-electron chi connectivity index (χ0n) is 9.58. The first-order valence-electron chi connectivity index (χ1n) is 5.36. The summed E-state index contributed by atoms with van der Waals surface area (Å²) in [7, 11) is 0. The van der Waals surface area contributed by atoms with Crippen LogP contribution in [0.2, 0.25) is 0 Å². The Kier molecular flexibility index (Phi) is 9.57. The summed E-state index contributed by atoms with van der Waals surface area (Å²) in [5, 5.41) is 0. The van der Waals surface area contributed by atoms with Crippen molar-refractivity contribution in [2.45, 2.75) is 33.2 Å². The Morgan fingerprint density at radius 1 is 1.43 bits per heavy atom. The molecule has 2 aliphatic rings. The van der Waals surface area contributed by atoms with Gasteiger partial charge in [-0.05, 0) is 19.1 Å². The van der Waals surface area contributed by atoms with E-state index in [2.05, 4.69) is 13.0 Å². The summed E-state index contributed by atoms with van der Waals surface area (Å²) in [5.74, 6) is 2.58. The van der Waals surface area contributed by atoms with Gasteiger partial charge in [0.25, 0.3) is 0 Å². The summed E-state index contributed by atoms with van der Waals surface area (Å²) < 4.78 is 4.71. The quantitative estimate of drug-likeness (QED) is 0.633. The number of thioether (sulfide) groups is 1. The minimum Gasteiger partial charge on any atom is -0.378 e. The van der Waals surface area contributed by atoms with Crippen LogP contribution in [0.3, 0.4) is 0 Å². The van der Waals surface area contributed by atoms with E-state index >= 15 is 0 Å². The van der Waals surface area contributed by atoms with Gasteiger partial charge in [-0.2, -0.15) is 11.8 Å². The Morgan fingerprint density at radius 3 is 2.14 bits per heavy atom. The van der Waals surface area contributed by atoms with Gasteiger partial charge in [-0.25, -0.2) is 0 Å². The number of ether oxygens (including phenoxy) is 1. The maximum Gasteiger partial charge on any atom is 0.0640 e. The van der Waals surface area contributed by atoms with Crippen LogP contribution in [0.5, 0.6) is 0 Å². The number of nitrogens with two attached hydrogens (primary N) is 1. The van der Waals surface area contributed by atoms with Gasteiger partial charge in [0.1, 0.15) is 0 Å². The molecular formula is C11H23NOS. The van der Waals surface area contributed by atoms with Gasteiger partial charge in [-0.15, -0.1) is 0 Å². The Labute approximate surface area is 92.3 Å². The fourth-order valence-corrected chi connectivity index (χ4v) is 1.91. The highest BCUT2D eigenvalue weighted by Gasteiger charge is 2.10. The molecule has 0 amide bonds. The van der Waals surface area contributed by atoms with E-state index in [9.17, 15) is 0 Å². The summed E-state index contributed by atoms with van der Waals surface area (Å²) in [5.41, 5.74) is 6.82. The number of hydrogen-bond acceptors (Lipinski definition) is 3. The smallest absolute Gasteiger partial charge is 0.0640 e. The van der Waals surface area contributed by atoms with E-state index in [1.54, 1.807) is 5.57 Å². The Hall–Kier alpha value is 0.01000. The molecule has 0 saturated carbocycles. The molecule has 2 nitrogen and oxygen atoms in total. The average molecular weight is 217 g/mol. The maximum atomic E-state index is 5.25. The molecule has 3 heteroatoms. The van der Waals surface area contributed by atoms with E-state index in [1.807, 2.05) is 25.6 Å². The number of hydrogen-bond donors (Lipinski definition) is 1. The lowest BCUT2D eigenvalue weighted by molar-refractivity contribution is 0.0121. The molecule has 0 aromatic carbocycles. The third-order valence-corrected chi connectivity index (χ3v) is 2.75. The number of allylic oxidation sites excluding steroid dienone is 1. The Morgan fingerprint density at radius 2 is 2.00 bits per heavy atom. The first kappa shape index (κ1) is 14.0. The first-order chi connectivity index (χ1) is 6.79. The van der Waals surface area contributed by atoms with E-state index in [-0.39, 0.29) is 0 Å². The van der Waals surface area contributed by atoms with Crippen molar-refractivity contribution in [3.63, 3.8) is 0 Å². The van der Waals surface area contributed by atoms with E-state index < -0.39 is 0 Å². The lowest BCUT2D eigenvalue weighted by Crippen LogP contribution is -2.41. The molecule has 1 saturated heterocycles. The highest BCUT2D eigenvalue weighted by Crippen LogP contribution is 2.15. The van der Waals surface area contributed by atoms with Gasteiger partial charge in [-0.1, -0.05) is 25.5 Å². The van der Waals surface area contributed by atoms with Crippen LogP contribution in [0.4, 0.5) is 0 Å². The lowest BCUT2D eigenvalue weighted by atomic mass is 10.2. The highest BCUT2D eigenvalue weighted by molar-refractivity contribution is 7.99. The molecule has 0 radical (unpaired) electrons. The van der Waals surface area contributed by atoms with Crippen LogP contribution in [0.25, 0.3) is 0 Å². The third kappa shape index (κ3) is 7.42. The van der Waals surface area contributed by atoms with E-state index in [0.717, 1.165) is 13.2 Å². The van der Waals surface area contributed by atoms with Crippen LogP contribution in [-0.4, -0.2) is 30.8 Å². The molecule has 2 heterocycles. The predicted octanol–water partition coefficient (Wildman–Crippen LogP) is 2.44. The summed E-state index contributed by atoms with van der Waals surface area (Å²) in [6, 6.07) is 0.343. The molecule has 14 heavy (non-hydrogen) atoms. The molecule has 0 atom stereocenters. The van der Waals surface area contributed by atoms with Crippen molar-refractivity contribution in [1.82, 2.24) is 0 Å². The fraction of sp³-hybridized carbons (Fsp3) is 0.818. The second-order valence-corrected chi connectivity index (χ2v) is 4.32. The third-order valence-electron chi connectivity index (χ3n) is 1.85. The van der Waals surface area contributed by atoms with Crippen LogP contribution in [0.15, 0.2) is 11.6 Å². The van der Waals surface area contributed by atoms with Crippen molar-refractivity contribution in [3.8, 4) is 0 Å². The van der Waals surface area contributed by atoms with Crippen LogP contribution >= 0.6 is 11.8 Å². The minimum absolute atomic E-state index is 0.343. The summed E-state index contributed by atoms with van der Waals surface area (Å²) in [4.78, 5) is 0. The monoisotopic (exact) mass is 217 g/mol.